The fourth-order valence-corrected chi connectivity index (χ4v) is 1.93. The van der Waals surface area contributed by atoms with E-state index in [9.17, 15) is 4.79 Å². The fraction of sp³-hybridized carbons (Fsp3) is 0. The van der Waals surface area contributed by atoms with E-state index < -0.39 is 5.97 Å². The monoisotopic (exact) mass is 265 g/mol. The summed E-state index contributed by atoms with van der Waals surface area (Å²) in [7, 11) is 0. The molecule has 3 rings (SSSR count). The number of anilines is 2. The second-order valence-corrected chi connectivity index (χ2v) is 4.25. The average molecular weight is 265 g/mol. The van der Waals surface area contributed by atoms with Gasteiger partial charge in [-0.25, -0.2) is 9.78 Å². The molecule has 0 aliphatic rings. The molecule has 20 heavy (non-hydrogen) atoms. The Hall–Kier alpha value is -2.95. The number of nitrogens with zero attached hydrogens (tertiary/aromatic N) is 2. The molecule has 1 aromatic carbocycles. The molecule has 0 aliphatic heterocycles. The highest BCUT2D eigenvalue weighted by Crippen LogP contribution is 2.23. The number of para-hydroxylation sites is 1. The predicted molar refractivity (Wildman–Crippen MR) is 76.2 cm³/mol. The molecule has 5 nitrogen and oxygen atoms in total. The topological polar surface area (TPSA) is 75.1 Å². The predicted octanol–water partition coefficient (Wildman–Crippen LogP) is 3.07. The molecule has 0 spiro atoms. The number of hydrogen-bond donors (Lipinski definition) is 2. The smallest absolute Gasteiger partial charge is 0.354 e. The van der Waals surface area contributed by atoms with Crippen LogP contribution in [0.2, 0.25) is 0 Å². The van der Waals surface area contributed by atoms with Gasteiger partial charge < -0.3 is 10.4 Å². The summed E-state index contributed by atoms with van der Waals surface area (Å²) < 4.78 is 0. The van der Waals surface area contributed by atoms with Crippen LogP contribution in [0.15, 0.2) is 54.9 Å². The van der Waals surface area contributed by atoms with Crippen LogP contribution in [0, 0.1) is 0 Å². The molecule has 98 valence electrons. The lowest BCUT2D eigenvalue weighted by atomic mass is 10.2. The van der Waals surface area contributed by atoms with Crippen LogP contribution in [0.25, 0.3) is 10.9 Å². The van der Waals surface area contributed by atoms with E-state index in [1.807, 2.05) is 30.3 Å². The van der Waals surface area contributed by atoms with Crippen molar-refractivity contribution in [3.63, 3.8) is 0 Å². The van der Waals surface area contributed by atoms with Crippen LogP contribution in [0.3, 0.4) is 0 Å². The maximum atomic E-state index is 11.0. The Balaban J connectivity index is 2.10. The minimum atomic E-state index is -1.05. The first kappa shape index (κ1) is 12.1. The van der Waals surface area contributed by atoms with Crippen LogP contribution in [0.1, 0.15) is 10.5 Å². The van der Waals surface area contributed by atoms with Gasteiger partial charge in [0.05, 0.1) is 17.4 Å². The van der Waals surface area contributed by atoms with Gasteiger partial charge in [-0.2, -0.15) is 0 Å². The first-order chi connectivity index (χ1) is 9.74. The average Bonchev–Trinajstić information content (AvgIpc) is 2.48. The summed E-state index contributed by atoms with van der Waals surface area (Å²) in [6.07, 6.45) is 3.29. The first-order valence-corrected chi connectivity index (χ1v) is 6.04. The van der Waals surface area contributed by atoms with E-state index >= 15 is 0 Å². The zero-order chi connectivity index (χ0) is 13.9. The van der Waals surface area contributed by atoms with E-state index in [0.29, 0.717) is 11.2 Å². The molecule has 0 bridgehead atoms. The molecule has 2 heterocycles. The van der Waals surface area contributed by atoms with Gasteiger partial charge in [-0.05, 0) is 24.3 Å². The SMILES string of the molecule is O=C(O)c1ccc2cncc(Nc3ccccc3)c2n1. The van der Waals surface area contributed by atoms with E-state index in [1.54, 1.807) is 18.5 Å². The van der Waals surface area contributed by atoms with Crippen molar-refractivity contribution in [1.29, 1.82) is 0 Å². The Bertz CT molecular complexity index is 772. The quantitative estimate of drug-likeness (QED) is 0.761. The van der Waals surface area contributed by atoms with Crippen molar-refractivity contribution < 1.29 is 9.90 Å². The van der Waals surface area contributed by atoms with E-state index in [0.717, 1.165) is 11.1 Å². The molecule has 0 aliphatic carbocycles. The molecule has 5 heteroatoms. The number of aromatic carboxylic acids is 1. The molecule has 2 N–H and O–H groups in total. The molecular weight excluding hydrogens is 254 g/mol. The summed E-state index contributed by atoms with van der Waals surface area (Å²) >= 11 is 0. The lowest BCUT2D eigenvalue weighted by Crippen LogP contribution is -2.01. The molecule has 0 radical (unpaired) electrons. The van der Waals surface area contributed by atoms with Crippen LogP contribution >= 0.6 is 0 Å². The van der Waals surface area contributed by atoms with Gasteiger partial charge in [-0.1, -0.05) is 18.2 Å². The normalized spacial score (nSPS) is 10.4. The molecule has 3 aromatic rings. The lowest BCUT2D eigenvalue weighted by molar-refractivity contribution is 0.0691. The Morgan fingerprint density at radius 3 is 2.60 bits per heavy atom. The lowest BCUT2D eigenvalue weighted by Gasteiger charge is -2.08. The number of aromatic nitrogens is 2. The number of rotatable bonds is 3. The minimum absolute atomic E-state index is 0.0137. The molecule has 0 atom stereocenters. The van der Waals surface area contributed by atoms with Crippen molar-refractivity contribution in [3.05, 3.63) is 60.6 Å². The highest BCUT2D eigenvalue weighted by molar-refractivity contribution is 5.95. The number of hydrogen-bond acceptors (Lipinski definition) is 4. The second-order valence-electron chi connectivity index (χ2n) is 4.25. The highest BCUT2D eigenvalue weighted by Gasteiger charge is 2.09. The first-order valence-electron chi connectivity index (χ1n) is 6.04. The Morgan fingerprint density at radius 1 is 1.05 bits per heavy atom. The van der Waals surface area contributed by atoms with Crippen molar-refractivity contribution in [2.45, 2.75) is 0 Å². The molecule has 0 saturated heterocycles. The van der Waals surface area contributed by atoms with Crippen LogP contribution in [0.4, 0.5) is 11.4 Å². The van der Waals surface area contributed by atoms with E-state index in [4.69, 9.17) is 5.11 Å². The number of pyridine rings is 2. The van der Waals surface area contributed by atoms with E-state index in [-0.39, 0.29) is 5.69 Å². The molecular formula is C15H11N3O2. The van der Waals surface area contributed by atoms with Gasteiger partial charge in [0.1, 0.15) is 5.69 Å². The number of nitrogens with one attached hydrogen (secondary N) is 1. The standard InChI is InChI=1S/C15H11N3O2/c19-15(20)12-7-6-10-8-16-9-13(14(10)18-12)17-11-4-2-1-3-5-11/h1-9,17H,(H,19,20). The van der Waals surface area contributed by atoms with Gasteiger partial charge >= 0.3 is 5.97 Å². The fourth-order valence-electron chi connectivity index (χ4n) is 1.93. The summed E-state index contributed by atoms with van der Waals surface area (Å²) in [6.45, 7) is 0. The van der Waals surface area contributed by atoms with Gasteiger partial charge in [0.25, 0.3) is 0 Å². The highest BCUT2D eigenvalue weighted by atomic mass is 16.4. The molecule has 2 aromatic heterocycles. The number of fused-ring (bicyclic) bond motifs is 1. The molecule has 0 amide bonds. The van der Waals surface area contributed by atoms with Gasteiger partial charge in [0.15, 0.2) is 0 Å². The minimum Gasteiger partial charge on any atom is -0.477 e. The largest absolute Gasteiger partial charge is 0.477 e. The van der Waals surface area contributed by atoms with Crippen molar-refractivity contribution in [3.8, 4) is 0 Å². The summed E-state index contributed by atoms with van der Waals surface area (Å²) in [6, 6.07) is 12.8. The van der Waals surface area contributed by atoms with Crippen molar-refractivity contribution in [2.75, 3.05) is 5.32 Å². The van der Waals surface area contributed by atoms with Crippen LogP contribution in [-0.4, -0.2) is 21.0 Å². The number of benzene rings is 1. The third-order valence-electron chi connectivity index (χ3n) is 2.87. The zero-order valence-corrected chi connectivity index (χ0v) is 10.4. The Labute approximate surface area is 114 Å². The van der Waals surface area contributed by atoms with Crippen molar-refractivity contribution >= 4 is 28.2 Å². The maximum absolute atomic E-state index is 11.0. The molecule has 0 saturated carbocycles. The molecule has 0 fully saturated rings. The Kier molecular flexibility index (Phi) is 3.01. The third-order valence-corrected chi connectivity index (χ3v) is 2.87. The number of carbonyl (C=O) groups is 1. The van der Waals surface area contributed by atoms with E-state index in [2.05, 4.69) is 15.3 Å². The second kappa shape index (κ2) is 4.97. The van der Waals surface area contributed by atoms with E-state index in [1.165, 1.54) is 6.07 Å². The van der Waals surface area contributed by atoms with Gasteiger partial charge in [-0.15, -0.1) is 0 Å². The Morgan fingerprint density at radius 2 is 1.85 bits per heavy atom. The van der Waals surface area contributed by atoms with Crippen molar-refractivity contribution in [2.24, 2.45) is 0 Å². The van der Waals surface area contributed by atoms with Crippen molar-refractivity contribution in [1.82, 2.24) is 9.97 Å². The van der Waals surface area contributed by atoms with Crippen LogP contribution < -0.4 is 5.32 Å². The summed E-state index contributed by atoms with van der Waals surface area (Å²) in [5, 5.41) is 13.0. The summed E-state index contributed by atoms with van der Waals surface area (Å²) in [4.78, 5) is 19.3. The van der Waals surface area contributed by atoms with Gasteiger partial charge in [0.2, 0.25) is 0 Å². The van der Waals surface area contributed by atoms with Gasteiger partial charge in [0, 0.05) is 17.3 Å². The third kappa shape index (κ3) is 2.29. The summed E-state index contributed by atoms with van der Waals surface area (Å²) in [5.74, 6) is -1.05. The zero-order valence-electron chi connectivity index (χ0n) is 10.4. The maximum Gasteiger partial charge on any atom is 0.354 e. The van der Waals surface area contributed by atoms with Gasteiger partial charge in [-0.3, -0.25) is 4.98 Å². The van der Waals surface area contributed by atoms with Crippen LogP contribution in [0.5, 0.6) is 0 Å². The molecule has 0 unspecified atom stereocenters. The number of carboxylic acid groups (broad SMARTS) is 1. The van der Waals surface area contributed by atoms with Crippen LogP contribution in [-0.2, 0) is 0 Å². The summed E-state index contributed by atoms with van der Waals surface area (Å²) in [5.41, 5.74) is 2.17. The number of carboxylic acids is 1.